The van der Waals surface area contributed by atoms with Crippen LogP contribution in [-0.2, 0) is 14.8 Å². The van der Waals surface area contributed by atoms with E-state index in [1.165, 1.54) is 0 Å². The molecule has 0 radical (unpaired) electrons. The first-order chi connectivity index (χ1) is 7.81. The van der Waals surface area contributed by atoms with Crippen LogP contribution in [0.2, 0.25) is 0 Å². The Balaban J connectivity index is 2.66. The number of carbonyl (C=O) groups is 1. The SMILES string of the molecule is CC(CN)C(=O)Nc1nnc(NS(C)(=O)=O)s1. The second-order valence-corrected chi connectivity index (χ2v) is 6.14. The van der Waals surface area contributed by atoms with Crippen LogP contribution in [0.5, 0.6) is 0 Å². The summed E-state index contributed by atoms with van der Waals surface area (Å²) in [5.74, 6) is -0.625. The zero-order valence-corrected chi connectivity index (χ0v) is 10.9. The number of nitrogens with two attached hydrogens (primary N) is 1. The summed E-state index contributed by atoms with van der Waals surface area (Å²) in [6, 6.07) is 0. The van der Waals surface area contributed by atoms with Crippen molar-refractivity contribution < 1.29 is 13.2 Å². The van der Waals surface area contributed by atoms with Gasteiger partial charge in [0.15, 0.2) is 0 Å². The minimum Gasteiger partial charge on any atom is -0.330 e. The second-order valence-electron chi connectivity index (χ2n) is 3.41. The fraction of sp³-hybridized carbons (Fsp3) is 0.571. The van der Waals surface area contributed by atoms with Crippen LogP contribution < -0.4 is 15.8 Å². The van der Waals surface area contributed by atoms with Crippen molar-refractivity contribution in [2.24, 2.45) is 11.7 Å². The highest BCUT2D eigenvalue weighted by Gasteiger charge is 2.14. The average molecular weight is 279 g/mol. The van der Waals surface area contributed by atoms with Gasteiger partial charge in [0.05, 0.1) is 6.26 Å². The molecule has 1 rings (SSSR count). The Bertz CT molecular complexity index is 497. The molecule has 0 saturated heterocycles. The van der Waals surface area contributed by atoms with Gasteiger partial charge in [0.25, 0.3) is 0 Å². The third-order valence-corrected chi connectivity index (χ3v) is 3.18. The molecule has 0 aromatic carbocycles. The van der Waals surface area contributed by atoms with E-state index in [2.05, 4.69) is 20.2 Å². The summed E-state index contributed by atoms with van der Waals surface area (Å²) in [6.45, 7) is 1.89. The van der Waals surface area contributed by atoms with E-state index in [1.54, 1.807) is 6.92 Å². The molecule has 0 aliphatic carbocycles. The number of hydrogen-bond acceptors (Lipinski definition) is 7. The first kappa shape index (κ1) is 13.8. The van der Waals surface area contributed by atoms with Crippen molar-refractivity contribution in [1.29, 1.82) is 0 Å². The first-order valence-electron chi connectivity index (χ1n) is 4.64. The van der Waals surface area contributed by atoms with Gasteiger partial charge < -0.3 is 11.1 Å². The van der Waals surface area contributed by atoms with Gasteiger partial charge in [-0.05, 0) is 0 Å². The van der Waals surface area contributed by atoms with Gasteiger partial charge >= 0.3 is 0 Å². The Morgan fingerprint density at radius 2 is 2.06 bits per heavy atom. The topological polar surface area (TPSA) is 127 Å². The second kappa shape index (κ2) is 5.38. The van der Waals surface area contributed by atoms with Crippen molar-refractivity contribution >= 4 is 37.5 Å². The number of aromatic nitrogens is 2. The highest BCUT2D eigenvalue weighted by molar-refractivity contribution is 7.92. The van der Waals surface area contributed by atoms with Crippen molar-refractivity contribution in [3.63, 3.8) is 0 Å². The summed E-state index contributed by atoms with van der Waals surface area (Å²) in [4.78, 5) is 11.4. The molecule has 1 atom stereocenters. The van der Waals surface area contributed by atoms with Crippen LogP contribution in [0.3, 0.4) is 0 Å². The van der Waals surface area contributed by atoms with E-state index in [0.717, 1.165) is 17.6 Å². The molecule has 0 aliphatic rings. The molecule has 1 heterocycles. The van der Waals surface area contributed by atoms with Crippen molar-refractivity contribution in [2.75, 3.05) is 22.8 Å². The maximum atomic E-state index is 11.4. The lowest BCUT2D eigenvalue weighted by Gasteiger charge is -2.05. The van der Waals surface area contributed by atoms with Crippen LogP contribution in [0, 0.1) is 5.92 Å². The van der Waals surface area contributed by atoms with Gasteiger partial charge in [-0.3, -0.25) is 9.52 Å². The minimum absolute atomic E-state index is 0.100. The molecule has 0 aliphatic heterocycles. The molecule has 1 amide bonds. The first-order valence-corrected chi connectivity index (χ1v) is 7.35. The Morgan fingerprint density at radius 3 is 2.59 bits per heavy atom. The standard InChI is InChI=1S/C7H13N5O3S2/c1-4(3-8)5(13)9-6-10-11-7(16-6)12-17(2,14)15/h4H,3,8H2,1-2H3,(H,11,12)(H,9,10,13). The number of amides is 1. The fourth-order valence-electron chi connectivity index (χ4n) is 0.809. The van der Waals surface area contributed by atoms with Crippen molar-refractivity contribution in [3.05, 3.63) is 0 Å². The van der Waals surface area contributed by atoms with Gasteiger partial charge in [-0.2, -0.15) is 0 Å². The Kier molecular flexibility index (Phi) is 4.37. The smallest absolute Gasteiger partial charge is 0.231 e. The van der Waals surface area contributed by atoms with Crippen LogP contribution in [0.1, 0.15) is 6.92 Å². The van der Waals surface area contributed by atoms with Crippen molar-refractivity contribution in [2.45, 2.75) is 6.92 Å². The summed E-state index contributed by atoms with van der Waals surface area (Å²) in [5.41, 5.74) is 5.33. The summed E-state index contributed by atoms with van der Waals surface area (Å²) in [5, 5.41) is 10.0. The quantitative estimate of drug-likeness (QED) is 0.663. The lowest BCUT2D eigenvalue weighted by atomic mass is 10.2. The van der Waals surface area contributed by atoms with Gasteiger partial charge in [-0.25, -0.2) is 8.42 Å². The van der Waals surface area contributed by atoms with Crippen LogP contribution in [0.25, 0.3) is 0 Å². The number of anilines is 2. The number of nitrogens with zero attached hydrogens (tertiary/aromatic N) is 2. The number of carbonyl (C=O) groups excluding carboxylic acids is 1. The summed E-state index contributed by atoms with van der Waals surface area (Å²) >= 11 is 0.931. The normalized spacial score (nSPS) is 13.1. The lowest BCUT2D eigenvalue weighted by molar-refractivity contribution is -0.119. The molecule has 8 nitrogen and oxygen atoms in total. The predicted molar refractivity (Wildman–Crippen MR) is 65.2 cm³/mol. The molecule has 10 heteroatoms. The maximum absolute atomic E-state index is 11.4. The molecule has 4 N–H and O–H groups in total. The summed E-state index contributed by atoms with van der Waals surface area (Å²) in [6.07, 6.45) is 1.00. The molecule has 96 valence electrons. The molecule has 17 heavy (non-hydrogen) atoms. The van der Waals surface area contributed by atoms with E-state index in [-0.39, 0.29) is 28.6 Å². The average Bonchev–Trinajstić information content (AvgIpc) is 2.61. The van der Waals surface area contributed by atoms with Crippen LogP contribution >= 0.6 is 11.3 Å². The third-order valence-electron chi connectivity index (χ3n) is 1.73. The van der Waals surface area contributed by atoms with Crippen LogP contribution in [-0.4, -0.2) is 37.3 Å². The van der Waals surface area contributed by atoms with E-state index in [0.29, 0.717) is 0 Å². The number of sulfonamides is 1. The highest BCUT2D eigenvalue weighted by Crippen LogP contribution is 2.20. The zero-order chi connectivity index (χ0) is 13.1. The third kappa shape index (κ3) is 4.63. The number of rotatable bonds is 5. The van der Waals surface area contributed by atoms with Crippen LogP contribution in [0.15, 0.2) is 0 Å². The van der Waals surface area contributed by atoms with E-state index in [4.69, 9.17) is 5.73 Å². The van der Waals surface area contributed by atoms with Gasteiger partial charge in [0.1, 0.15) is 0 Å². The lowest BCUT2D eigenvalue weighted by Crippen LogP contribution is -2.26. The predicted octanol–water partition coefficient (Wildman–Crippen LogP) is -0.557. The van der Waals surface area contributed by atoms with Gasteiger partial charge in [0.2, 0.25) is 26.2 Å². The molecule has 0 bridgehead atoms. The molecule has 0 spiro atoms. The number of hydrogen-bond donors (Lipinski definition) is 3. The Labute approximate surface area is 103 Å². The van der Waals surface area contributed by atoms with Crippen molar-refractivity contribution in [3.8, 4) is 0 Å². The number of nitrogens with one attached hydrogen (secondary N) is 2. The van der Waals surface area contributed by atoms with E-state index in [9.17, 15) is 13.2 Å². The van der Waals surface area contributed by atoms with Crippen molar-refractivity contribution in [1.82, 2.24) is 10.2 Å². The molecule has 0 saturated carbocycles. The Morgan fingerprint density at radius 1 is 1.47 bits per heavy atom. The van der Waals surface area contributed by atoms with E-state index >= 15 is 0 Å². The minimum atomic E-state index is -3.39. The summed E-state index contributed by atoms with van der Waals surface area (Å²) < 4.78 is 24.0. The molecule has 0 fully saturated rings. The monoisotopic (exact) mass is 279 g/mol. The van der Waals surface area contributed by atoms with Gasteiger partial charge in [0, 0.05) is 12.5 Å². The highest BCUT2D eigenvalue weighted by atomic mass is 32.2. The summed E-state index contributed by atoms with van der Waals surface area (Å²) in [7, 11) is -3.39. The molecule has 1 aromatic rings. The molecule has 1 unspecified atom stereocenters. The van der Waals surface area contributed by atoms with E-state index < -0.39 is 10.0 Å². The molecular formula is C7H13N5O3S2. The maximum Gasteiger partial charge on any atom is 0.231 e. The molecule has 1 aromatic heterocycles. The van der Waals surface area contributed by atoms with Crippen LogP contribution in [0.4, 0.5) is 10.3 Å². The molecular weight excluding hydrogens is 266 g/mol. The van der Waals surface area contributed by atoms with E-state index in [1.807, 2.05) is 0 Å². The Hall–Kier alpha value is -1.26. The van der Waals surface area contributed by atoms with Gasteiger partial charge in [-0.15, -0.1) is 10.2 Å². The zero-order valence-electron chi connectivity index (χ0n) is 9.30. The van der Waals surface area contributed by atoms with Gasteiger partial charge in [-0.1, -0.05) is 18.3 Å². The largest absolute Gasteiger partial charge is 0.330 e. The fourth-order valence-corrected chi connectivity index (χ4v) is 2.29.